The predicted molar refractivity (Wildman–Crippen MR) is 66.7 cm³/mol. The molecular weight excluding hydrogens is 234 g/mol. The van der Waals surface area contributed by atoms with Gasteiger partial charge in [-0.1, -0.05) is 31.0 Å². The van der Waals surface area contributed by atoms with E-state index in [2.05, 4.69) is 21.7 Å². The zero-order valence-electron chi connectivity index (χ0n) is 10.7. The molecule has 3 atom stereocenters. The van der Waals surface area contributed by atoms with Gasteiger partial charge in [0.1, 0.15) is 0 Å². The maximum absolute atomic E-state index is 11.5. The number of rotatable bonds is 5. The molecule has 1 aliphatic rings. The largest absolute Gasteiger partial charge is 0.466 e. The van der Waals surface area contributed by atoms with Crippen molar-refractivity contribution in [3.8, 4) is 0 Å². The normalized spacial score (nSPS) is 27.1. The Hall–Kier alpha value is -1.52. The minimum absolute atomic E-state index is 0.0984. The highest BCUT2D eigenvalue weighted by Crippen LogP contribution is 2.30. The molecule has 18 heavy (non-hydrogen) atoms. The first-order valence-electron chi connectivity index (χ1n) is 6.15. The highest BCUT2D eigenvalue weighted by molar-refractivity contribution is 5.88. The lowest BCUT2D eigenvalue weighted by atomic mass is 9.81. The van der Waals surface area contributed by atoms with E-state index in [4.69, 9.17) is 5.53 Å². The third-order valence-electron chi connectivity index (χ3n) is 3.20. The van der Waals surface area contributed by atoms with Crippen molar-refractivity contribution in [1.82, 2.24) is 0 Å². The first kappa shape index (κ1) is 14.5. The van der Waals surface area contributed by atoms with Gasteiger partial charge in [-0.2, -0.15) is 0 Å². The van der Waals surface area contributed by atoms with Crippen molar-refractivity contribution in [2.75, 3.05) is 7.11 Å². The minimum Gasteiger partial charge on any atom is -0.466 e. The maximum Gasteiger partial charge on any atom is 0.333 e. The van der Waals surface area contributed by atoms with Crippen LogP contribution < -0.4 is 0 Å². The van der Waals surface area contributed by atoms with Crippen LogP contribution in [-0.4, -0.2) is 30.3 Å². The molecule has 0 bridgehead atoms. The minimum atomic E-state index is -0.818. The van der Waals surface area contributed by atoms with E-state index in [1.165, 1.54) is 7.11 Å². The quantitative estimate of drug-likeness (QED) is 0.352. The Bertz CT molecular complexity index is 375. The van der Waals surface area contributed by atoms with Gasteiger partial charge >= 0.3 is 5.97 Å². The maximum atomic E-state index is 11.5. The van der Waals surface area contributed by atoms with Gasteiger partial charge < -0.3 is 9.84 Å². The fourth-order valence-electron chi connectivity index (χ4n) is 2.26. The molecule has 0 aromatic heterocycles. The summed E-state index contributed by atoms with van der Waals surface area (Å²) in [5.41, 5.74) is 9.00. The summed E-state index contributed by atoms with van der Waals surface area (Å²) in [7, 11) is 1.32. The van der Waals surface area contributed by atoms with Gasteiger partial charge in [0.25, 0.3) is 0 Å². The predicted octanol–water partition coefficient (Wildman–Crippen LogP) is 2.34. The molecular formula is C12H19N3O3. The molecule has 0 heterocycles. The summed E-state index contributed by atoms with van der Waals surface area (Å²) in [6.45, 7) is 2.06. The first-order chi connectivity index (χ1) is 8.63. The van der Waals surface area contributed by atoms with E-state index in [-0.39, 0.29) is 12.3 Å². The van der Waals surface area contributed by atoms with Crippen LogP contribution in [0.1, 0.15) is 32.6 Å². The first-order valence-corrected chi connectivity index (χ1v) is 6.15. The Morgan fingerprint density at radius 2 is 2.44 bits per heavy atom. The molecule has 0 amide bonds. The van der Waals surface area contributed by atoms with E-state index in [9.17, 15) is 9.90 Å². The van der Waals surface area contributed by atoms with E-state index < -0.39 is 18.1 Å². The molecule has 0 aromatic carbocycles. The van der Waals surface area contributed by atoms with E-state index >= 15 is 0 Å². The fraction of sp³-hybridized carbons (Fsp3) is 0.750. The number of nitrogens with zero attached hydrogens (tertiary/aromatic N) is 3. The number of methoxy groups -OCH3 is 1. The number of azide groups is 1. The average Bonchev–Trinajstić information content (AvgIpc) is 2.38. The summed E-state index contributed by atoms with van der Waals surface area (Å²) in [5, 5.41) is 13.6. The monoisotopic (exact) mass is 253 g/mol. The Balaban J connectivity index is 2.93. The second-order valence-corrected chi connectivity index (χ2v) is 4.46. The molecule has 6 heteroatoms. The molecule has 0 spiro atoms. The van der Waals surface area contributed by atoms with Gasteiger partial charge in [-0.05, 0) is 17.9 Å². The summed E-state index contributed by atoms with van der Waals surface area (Å²) in [4.78, 5) is 14.3. The molecule has 1 N–H and O–H groups in total. The van der Waals surface area contributed by atoms with Gasteiger partial charge in [0.15, 0.2) is 0 Å². The molecule has 6 nitrogen and oxygen atoms in total. The van der Waals surface area contributed by atoms with Crippen LogP contribution in [0.15, 0.2) is 16.8 Å². The summed E-state index contributed by atoms with van der Waals surface area (Å²) in [6.07, 6.45) is 3.91. The number of esters is 1. The average molecular weight is 253 g/mol. The Kier molecular flexibility index (Phi) is 5.68. The summed E-state index contributed by atoms with van der Waals surface area (Å²) < 4.78 is 4.66. The standard InChI is InChI=1S/C12H19N3O3/c1-3-4-5-8-6-9(12(17)18-2)7-10(16)11(8)14-15-13/h6,8,10-11,16H,3-5,7H2,1-2H3/t8-,10+,11+/m1/s1. The van der Waals surface area contributed by atoms with Crippen molar-refractivity contribution in [3.05, 3.63) is 22.1 Å². The van der Waals surface area contributed by atoms with Gasteiger partial charge in [-0.3, -0.25) is 0 Å². The second kappa shape index (κ2) is 7.03. The third kappa shape index (κ3) is 3.48. The van der Waals surface area contributed by atoms with Crippen LogP contribution in [0, 0.1) is 5.92 Å². The lowest BCUT2D eigenvalue weighted by Gasteiger charge is -2.30. The summed E-state index contributed by atoms with van der Waals surface area (Å²) in [6, 6.07) is -0.491. The summed E-state index contributed by atoms with van der Waals surface area (Å²) in [5.74, 6) is -0.520. The molecule has 0 unspecified atom stereocenters. The van der Waals surface area contributed by atoms with E-state index in [0.717, 1.165) is 19.3 Å². The highest BCUT2D eigenvalue weighted by atomic mass is 16.5. The zero-order valence-corrected chi connectivity index (χ0v) is 10.7. The zero-order chi connectivity index (χ0) is 13.5. The molecule has 1 aliphatic carbocycles. The van der Waals surface area contributed by atoms with E-state index in [1.807, 2.05) is 0 Å². The molecule has 0 aliphatic heterocycles. The number of hydrogen-bond donors (Lipinski definition) is 1. The van der Waals surface area contributed by atoms with Crippen molar-refractivity contribution < 1.29 is 14.6 Å². The third-order valence-corrected chi connectivity index (χ3v) is 3.20. The molecule has 0 saturated heterocycles. The highest BCUT2D eigenvalue weighted by Gasteiger charge is 2.33. The molecule has 0 saturated carbocycles. The van der Waals surface area contributed by atoms with E-state index in [1.54, 1.807) is 6.08 Å². The lowest BCUT2D eigenvalue weighted by Crippen LogP contribution is -2.36. The summed E-state index contributed by atoms with van der Waals surface area (Å²) >= 11 is 0. The molecule has 1 rings (SSSR count). The smallest absolute Gasteiger partial charge is 0.333 e. The van der Waals surface area contributed by atoms with Gasteiger partial charge in [0.05, 0.1) is 19.3 Å². The molecule has 0 radical (unpaired) electrons. The number of carbonyl (C=O) groups is 1. The van der Waals surface area contributed by atoms with Crippen LogP contribution in [0.3, 0.4) is 0 Å². The van der Waals surface area contributed by atoms with Gasteiger partial charge in [-0.15, -0.1) is 0 Å². The number of aliphatic hydroxyl groups excluding tert-OH is 1. The fourth-order valence-corrected chi connectivity index (χ4v) is 2.26. The number of hydrogen-bond acceptors (Lipinski definition) is 4. The van der Waals surface area contributed by atoms with E-state index in [0.29, 0.717) is 5.57 Å². The van der Waals surface area contributed by atoms with Crippen molar-refractivity contribution in [2.24, 2.45) is 11.0 Å². The Labute approximate surface area is 106 Å². The lowest BCUT2D eigenvalue weighted by molar-refractivity contribution is -0.136. The SMILES string of the molecule is CCCC[C@@H]1C=C(C(=O)OC)C[C@H](O)[C@H]1N=[N+]=[N-]. The Morgan fingerprint density at radius 3 is 3.00 bits per heavy atom. The number of ether oxygens (including phenoxy) is 1. The van der Waals surface area contributed by atoms with Gasteiger partial charge in [-0.25, -0.2) is 4.79 Å². The molecule has 100 valence electrons. The molecule has 0 fully saturated rings. The Morgan fingerprint density at radius 1 is 1.72 bits per heavy atom. The second-order valence-electron chi connectivity index (χ2n) is 4.46. The van der Waals surface area contributed by atoms with Crippen LogP contribution in [0.5, 0.6) is 0 Å². The van der Waals surface area contributed by atoms with Gasteiger partial charge in [0, 0.05) is 16.9 Å². The topological polar surface area (TPSA) is 95.3 Å². The van der Waals surface area contributed by atoms with Crippen molar-refractivity contribution in [1.29, 1.82) is 0 Å². The van der Waals surface area contributed by atoms with Crippen LogP contribution in [0.4, 0.5) is 0 Å². The van der Waals surface area contributed by atoms with Crippen LogP contribution in [0.25, 0.3) is 10.4 Å². The van der Waals surface area contributed by atoms with Crippen LogP contribution >= 0.6 is 0 Å². The molecule has 0 aromatic rings. The van der Waals surface area contributed by atoms with Crippen molar-refractivity contribution in [2.45, 2.75) is 44.8 Å². The van der Waals surface area contributed by atoms with Gasteiger partial charge in [0.2, 0.25) is 0 Å². The van der Waals surface area contributed by atoms with Crippen LogP contribution in [-0.2, 0) is 9.53 Å². The number of unbranched alkanes of at least 4 members (excludes halogenated alkanes) is 1. The number of carbonyl (C=O) groups excluding carboxylic acids is 1. The van der Waals surface area contributed by atoms with Crippen molar-refractivity contribution in [3.63, 3.8) is 0 Å². The van der Waals surface area contributed by atoms with Crippen LogP contribution in [0.2, 0.25) is 0 Å². The number of aliphatic hydroxyl groups is 1. The van der Waals surface area contributed by atoms with Crippen molar-refractivity contribution >= 4 is 5.97 Å².